The smallest absolute Gasteiger partial charge is 0.267 e. The zero-order chi connectivity index (χ0) is 18.4. The summed E-state index contributed by atoms with van der Waals surface area (Å²) in [4.78, 5) is 30.1. The van der Waals surface area contributed by atoms with Gasteiger partial charge in [-0.1, -0.05) is 6.92 Å². The molecule has 0 fully saturated rings. The van der Waals surface area contributed by atoms with E-state index in [-0.39, 0.29) is 17.2 Å². The van der Waals surface area contributed by atoms with Crippen LogP contribution in [0.2, 0.25) is 0 Å². The standard InChI is InChI=1S/C20H26N4O2/c1-11(2)24-17-9-13(4-5-14(17)20(26)23-24)8-12(3)15-10-21-16-6-7-18(25)22-19(15)16/h6-7,10-13,21H,4-5,8-9H2,1-3H3,(H,22,25)(H,23,26). The summed E-state index contributed by atoms with van der Waals surface area (Å²) >= 11 is 0. The summed E-state index contributed by atoms with van der Waals surface area (Å²) in [6.07, 6.45) is 5.89. The van der Waals surface area contributed by atoms with E-state index in [1.807, 2.05) is 16.9 Å². The van der Waals surface area contributed by atoms with Crippen LogP contribution in [0.4, 0.5) is 0 Å². The number of hydrogen-bond acceptors (Lipinski definition) is 2. The van der Waals surface area contributed by atoms with E-state index < -0.39 is 0 Å². The molecule has 3 N–H and O–H groups in total. The Labute approximate surface area is 151 Å². The molecule has 3 aromatic heterocycles. The molecule has 0 bridgehead atoms. The lowest BCUT2D eigenvalue weighted by atomic mass is 9.81. The Morgan fingerprint density at radius 1 is 1.23 bits per heavy atom. The Morgan fingerprint density at radius 3 is 2.81 bits per heavy atom. The van der Waals surface area contributed by atoms with Crippen molar-refractivity contribution in [2.24, 2.45) is 5.92 Å². The van der Waals surface area contributed by atoms with Crippen LogP contribution in [0.15, 0.2) is 27.9 Å². The molecular weight excluding hydrogens is 328 g/mol. The molecule has 3 aromatic rings. The first kappa shape index (κ1) is 16.9. The Bertz CT molecular complexity index is 1050. The van der Waals surface area contributed by atoms with Crippen molar-refractivity contribution >= 4 is 11.0 Å². The Hall–Kier alpha value is -2.50. The van der Waals surface area contributed by atoms with Gasteiger partial charge in [0.05, 0.1) is 11.0 Å². The maximum Gasteiger partial charge on any atom is 0.267 e. The van der Waals surface area contributed by atoms with Crippen molar-refractivity contribution in [3.63, 3.8) is 0 Å². The molecule has 0 aromatic carbocycles. The molecule has 0 saturated heterocycles. The molecule has 26 heavy (non-hydrogen) atoms. The SMILES string of the molecule is CC(CC1CCc2c(n(C(C)C)[nH]c2=O)C1)c1c[nH]c2ccc(=O)[nH]c12. The largest absolute Gasteiger partial charge is 0.360 e. The van der Waals surface area contributed by atoms with E-state index in [0.717, 1.165) is 42.3 Å². The predicted octanol–water partition coefficient (Wildman–Crippen LogP) is 3.23. The molecule has 0 aliphatic heterocycles. The van der Waals surface area contributed by atoms with Crippen LogP contribution in [0.5, 0.6) is 0 Å². The molecule has 0 amide bonds. The minimum Gasteiger partial charge on any atom is -0.360 e. The summed E-state index contributed by atoms with van der Waals surface area (Å²) in [5.41, 5.74) is 5.22. The minimum absolute atomic E-state index is 0.0684. The second-order valence-corrected chi connectivity index (χ2v) is 7.93. The highest BCUT2D eigenvalue weighted by Gasteiger charge is 2.27. The van der Waals surface area contributed by atoms with Crippen LogP contribution in [-0.2, 0) is 12.8 Å². The van der Waals surface area contributed by atoms with E-state index in [1.54, 1.807) is 6.07 Å². The summed E-state index contributed by atoms with van der Waals surface area (Å²) < 4.78 is 2.04. The quantitative estimate of drug-likeness (QED) is 0.672. The number of rotatable bonds is 4. The Balaban J connectivity index is 1.57. The molecular formula is C20H26N4O2. The first-order valence-electron chi connectivity index (χ1n) is 9.46. The van der Waals surface area contributed by atoms with E-state index in [9.17, 15) is 9.59 Å². The average Bonchev–Trinajstić information content (AvgIpc) is 3.16. The van der Waals surface area contributed by atoms with Crippen LogP contribution in [0.25, 0.3) is 11.0 Å². The first-order chi connectivity index (χ1) is 12.4. The highest BCUT2D eigenvalue weighted by molar-refractivity contribution is 5.79. The van der Waals surface area contributed by atoms with Gasteiger partial charge in [-0.25, -0.2) is 0 Å². The van der Waals surface area contributed by atoms with Gasteiger partial charge in [0.2, 0.25) is 5.56 Å². The molecule has 6 nitrogen and oxygen atoms in total. The van der Waals surface area contributed by atoms with Gasteiger partial charge >= 0.3 is 0 Å². The highest BCUT2D eigenvalue weighted by Crippen LogP contribution is 2.34. The van der Waals surface area contributed by atoms with E-state index in [0.29, 0.717) is 11.8 Å². The monoisotopic (exact) mass is 354 g/mol. The van der Waals surface area contributed by atoms with Crippen LogP contribution in [0.1, 0.15) is 62.4 Å². The van der Waals surface area contributed by atoms with Crippen molar-refractivity contribution in [2.75, 3.05) is 0 Å². The second-order valence-electron chi connectivity index (χ2n) is 7.93. The molecule has 6 heteroatoms. The fourth-order valence-corrected chi connectivity index (χ4v) is 4.43. The van der Waals surface area contributed by atoms with Gasteiger partial charge in [0.15, 0.2) is 0 Å². The lowest BCUT2D eigenvalue weighted by molar-refractivity contribution is 0.377. The zero-order valence-corrected chi connectivity index (χ0v) is 15.6. The molecule has 1 aliphatic rings. The maximum atomic E-state index is 12.2. The van der Waals surface area contributed by atoms with Crippen molar-refractivity contribution in [1.82, 2.24) is 19.7 Å². The fraction of sp³-hybridized carbons (Fsp3) is 0.500. The summed E-state index contributed by atoms with van der Waals surface area (Å²) in [6.45, 7) is 6.42. The predicted molar refractivity (Wildman–Crippen MR) is 103 cm³/mol. The number of nitrogens with zero attached hydrogens (tertiary/aromatic N) is 1. The minimum atomic E-state index is -0.0684. The van der Waals surface area contributed by atoms with Gasteiger partial charge in [0.25, 0.3) is 5.56 Å². The number of hydrogen-bond donors (Lipinski definition) is 3. The third-order valence-electron chi connectivity index (χ3n) is 5.74. The summed E-state index contributed by atoms with van der Waals surface area (Å²) in [5, 5.41) is 3.00. The van der Waals surface area contributed by atoms with Crippen molar-refractivity contribution in [3.05, 3.63) is 55.9 Å². The highest BCUT2D eigenvalue weighted by atomic mass is 16.1. The third-order valence-corrected chi connectivity index (χ3v) is 5.74. The molecule has 2 unspecified atom stereocenters. The third kappa shape index (κ3) is 2.83. The van der Waals surface area contributed by atoms with E-state index in [4.69, 9.17) is 0 Å². The molecule has 0 radical (unpaired) electrons. The Morgan fingerprint density at radius 2 is 2.04 bits per heavy atom. The van der Waals surface area contributed by atoms with Crippen molar-refractivity contribution in [1.29, 1.82) is 0 Å². The molecule has 0 spiro atoms. The van der Waals surface area contributed by atoms with Gasteiger partial charge in [-0.05, 0) is 63.0 Å². The average molecular weight is 354 g/mol. The number of fused-ring (bicyclic) bond motifs is 2. The summed E-state index contributed by atoms with van der Waals surface area (Å²) in [7, 11) is 0. The van der Waals surface area contributed by atoms with Crippen LogP contribution in [-0.4, -0.2) is 19.7 Å². The topological polar surface area (TPSA) is 86.4 Å². The molecule has 3 heterocycles. The first-order valence-corrected chi connectivity index (χ1v) is 9.46. The van der Waals surface area contributed by atoms with Gasteiger partial charge in [-0.2, -0.15) is 0 Å². The van der Waals surface area contributed by atoms with Crippen LogP contribution in [0.3, 0.4) is 0 Å². The number of aromatic amines is 3. The van der Waals surface area contributed by atoms with Crippen molar-refractivity contribution in [2.45, 2.75) is 58.4 Å². The van der Waals surface area contributed by atoms with E-state index in [2.05, 4.69) is 35.8 Å². The molecule has 0 saturated carbocycles. The normalized spacial score (nSPS) is 18.4. The van der Waals surface area contributed by atoms with E-state index >= 15 is 0 Å². The summed E-state index contributed by atoms with van der Waals surface area (Å²) in [6, 6.07) is 3.65. The maximum absolute atomic E-state index is 12.2. The molecule has 138 valence electrons. The van der Waals surface area contributed by atoms with Gasteiger partial charge in [0, 0.05) is 29.6 Å². The molecule has 4 rings (SSSR count). The number of nitrogens with one attached hydrogen (secondary N) is 3. The zero-order valence-electron chi connectivity index (χ0n) is 15.6. The number of pyridine rings is 1. The molecule has 1 aliphatic carbocycles. The lowest BCUT2D eigenvalue weighted by Gasteiger charge is -2.26. The number of H-pyrrole nitrogens is 3. The van der Waals surface area contributed by atoms with Crippen LogP contribution < -0.4 is 11.1 Å². The Kier molecular flexibility index (Phi) is 4.13. The summed E-state index contributed by atoms with van der Waals surface area (Å²) in [5.74, 6) is 0.879. The van der Waals surface area contributed by atoms with Crippen LogP contribution in [0, 0.1) is 5.92 Å². The fourth-order valence-electron chi connectivity index (χ4n) is 4.43. The van der Waals surface area contributed by atoms with Gasteiger partial charge < -0.3 is 9.97 Å². The molecule has 2 atom stereocenters. The van der Waals surface area contributed by atoms with Crippen molar-refractivity contribution in [3.8, 4) is 0 Å². The van der Waals surface area contributed by atoms with Gasteiger partial charge in [-0.3, -0.25) is 19.4 Å². The van der Waals surface area contributed by atoms with E-state index in [1.165, 1.54) is 11.3 Å². The number of aromatic nitrogens is 4. The lowest BCUT2D eigenvalue weighted by Crippen LogP contribution is -2.20. The second kappa shape index (κ2) is 6.34. The van der Waals surface area contributed by atoms with Gasteiger partial charge in [-0.15, -0.1) is 0 Å². The van der Waals surface area contributed by atoms with Crippen molar-refractivity contribution < 1.29 is 0 Å². The van der Waals surface area contributed by atoms with Gasteiger partial charge in [0.1, 0.15) is 0 Å². The van der Waals surface area contributed by atoms with Crippen LogP contribution >= 0.6 is 0 Å².